The molecule has 1 aliphatic heterocycles. The molecule has 0 bridgehead atoms. The quantitative estimate of drug-likeness (QED) is 0.800. The third kappa shape index (κ3) is 6.95. The molecule has 1 atom stereocenters. The highest BCUT2D eigenvalue weighted by molar-refractivity contribution is 7.88. The molecule has 0 saturated carbocycles. The van der Waals surface area contributed by atoms with Crippen LogP contribution in [-0.2, 0) is 26.2 Å². The average Bonchev–Trinajstić information content (AvgIpc) is 2.64. The number of hydrogen-bond acceptors (Lipinski definition) is 4. The van der Waals surface area contributed by atoms with Crippen molar-refractivity contribution in [3.63, 3.8) is 0 Å². The number of carbonyl (C=O) groups excluding carboxylic acids is 2. The van der Waals surface area contributed by atoms with Crippen molar-refractivity contribution in [3.8, 4) is 0 Å². The van der Waals surface area contributed by atoms with Gasteiger partial charge in [-0.15, -0.1) is 0 Å². The number of aryl methyl sites for hydroxylation is 1. The minimum Gasteiger partial charge on any atom is -0.356 e. The molecule has 1 aromatic rings. The number of nitrogens with zero attached hydrogens (tertiary/aromatic N) is 1. The van der Waals surface area contributed by atoms with Gasteiger partial charge in [0.25, 0.3) is 0 Å². The van der Waals surface area contributed by atoms with Crippen LogP contribution < -0.4 is 10.6 Å². The summed E-state index contributed by atoms with van der Waals surface area (Å²) in [5, 5.41) is 5.76. The normalized spacial score (nSPS) is 20.4. The Labute approximate surface area is 161 Å². The highest BCUT2D eigenvalue weighted by Crippen LogP contribution is 2.15. The van der Waals surface area contributed by atoms with Crippen molar-refractivity contribution >= 4 is 21.8 Å². The Morgan fingerprint density at radius 1 is 1.26 bits per heavy atom. The number of nitrogens with one attached hydrogen (secondary N) is 2. The van der Waals surface area contributed by atoms with Gasteiger partial charge in [0.2, 0.25) is 21.8 Å². The van der Waals surface area contributed by atoms with E-state index in [-0.39, 0.29) is 30.7 Å². The van der Waals surface area contributed by atoms with Gasteiger partial charge in [-0.25, -0.2) is 12.7 Å². The van der Waals surface area contributed by atoms with E-state index in [1.165, 1.54) is 4.31 Å². The van der Waals surface area contributed by atoms with Gasteiger partial charge in [0.1, 0.15) is 0 Å². The van der Waals surface area contributed by atoms with E-state index < -0.39 is 10.0 Å². The molecule has 8 heteroatoms. The fraction of sp³-hybridized carbons (Fsp3) is 0.579. The summed E-state index contributed by atoms with van der Waals surface area (Å²) in [6, 6.07) is 7.89. The van der Waals surface area contributed by atoms with E-state index >= 15 is 0 Å². The van der Waals surface area contributed by atoms with Crippen molar-refractivity contribution in [3.05, 3.63) is 35.4 Å². The van der Waals surface area contributed by atoms with Crippen LogP contribution >= 0.6 is 0 Å². The van der Waals surface area contributed by atoms with E-state index in [9.17, 15) is 18.0 Å². The summed E-state index contributed by atoms with van der Waals surface area (Å²) in [5.74, 6) is -0.504. The lowest BCUT2D eigenvalue weighted by Crippen LogP contribution is -2.35. The highest BCUT2D eigenvalue weighted by atomic mass is 32.2. The first-order chi connectivity index (χ1) is 12.8. The Bertz CT molecular complexity index is 764. The van der Waals surface area contributed by atoms with Crippen LogP contribution in [0.3, 0.4) is 0 Å². The van der Waals surface area contributed by atoms with Gasteiger partial charge in [-0.1, -0.05) is 24.3 Å². The van der Waals surface area contributed by atoms with Gasteiger partial charge in [0.15, 0.2) is 0 Å². The fourth-order valence-electron chi connectivity index (χ4n) is 3.20. The molecule has 1 saturated heterocycles. The van der Waals surface area contributed by atoms with Gasteiger partial charge < -0.3 is 10.6 Å². The maximum absolute atomic E-state index is 12.6. The number of amides is 2. The van der Waals surface area contributed by atoms with E-state index in [2.05, 4.69) is 10.6 Å². The lowest BCUT2D eigenvalue weighted by atomic mass is 9.98. The number of sulfonamides is 1. The molecule has 1 aliphatic rings. The van der Waals surface area contributed by atoms with Crippen LogP contribution in [0.25, 0.3) is 0 Å². The number of benzene rings is 1. The minimum absolute atomic E-state index is 0.0577. The Kier molecular flexibility index (Phi) is 7.79. The first-order valence-electron chi connectivity index (χ1n) is 9.31. The van der Waals surface area contributed by atoms with E-state index in [0.717, 1.165) is 17.4 Å². The van der Waals surface area contributed by atoms with Gasteiger partial charge in [-0.05, 0) is 37.3 Å². The van der Waals surface area contributed by atoms with Crippen LogP contribution in [0.15, 0.2) is 24.3 Å². The first kappa shape index (κ1) is 21.4. The van der Waals surface area contributed by atoms with E-state index in [1.807, 2.05) is 31.2 Å². The zero-order valence-corrected chi connectivity index (χ0v) is 16.8. The van der Waals surface area contributed by atoms with Gasteiger partial charge in [0.05, 0.1) is 6.26 Å². The van der Waals surface area contributed by atoms with Crippen molar-refractivity contribution in [2.45, 2.75) is 39.2 Å². The lowest BCUT2D eigenvalue weighted by molar-refractivity contribution is -0.126. The van der Waals surface area contributed by atoms with Crippen LogP contribution in [0.1, 0.15) is 36.8 Å². The molecule has 1 unspecified atom stereocenters. The van der Waals surface area contributed by atoms with E-state index in [0.29, 0.717) is 38.9 Å². The van der Waals surface area contributed by atoms with Crippen molar-refractivity contribution in [2.75, 3.05) is 25.9 Å². The predicted octanol–water partition coefficient (Wildman–Crippen LogP) is 1.18. The summed E-state index contributed by atoms with van der Waals surface area (Å²) >= 11 is 0. The summed E-state index contributed by atoms with van der Waals surface area (Å²) in [5.41, 5.74) is 2.19. The average molecular weight is 396 g/mol. The summed E-state index contributed by atoms with van der Waals surface area (Å²) in [6.45, 7) is 3.39. The molecule has 150 valence electrons. The van der Waals surface area contributed by atoms with Gasteiger partial charge in [0, 0.05) is 38.5 Å². The predicted molar refractivity (Wildman–Crippen MR) is 104 cm³/mol. The molecular formula is C19H29N3O4S. The molecule has 2 N–H and O–H groups in total. The molecular weight excluding hydrogens is 366 g/mol. The van der Waals surface area contributed by atoms with Crippen molar-refractivity contribution in [2.24, 2.45) is 5.92 Å². The van der Waals surface area contributed by atoms with E-state index in [1.54, 1.807) is 0 Å². The summed E-state index contributed by atoms with van der Waals surface area (Å²) < 4.78 is 25.0. The topological polar surface area (TPSA) is 95.6 Å². The second kappa shape index (κ2) is 9.85. The number of hydrogen-bond donors (Lipinski definition) is 2. The third-order valence-electron chi connectivity index (χ3n) is 4.92. The second-order valence-corrected chi connectivity index (χ2v) is 9.02. The third-order valence-corrected chi connectivity index (χ3v) is 6.22. The molecule has 0 aromatic heterocycles. The molecule has 2 rings (SSSR count). The number of carbonyl (C=O) groups is 2. The fourth-order valence-corrected chi connectivity index (χ4v) is 4.08. The molecule has 7 nitrogen and oxygen atoms in total. The second-order valence-electron chi connectivity index (χ2n) is 7.03. The smallest absolute Gasteiger partial charge is 0.223 e. The van der Waals surface area contributed by atoms with Crippen LogP contribution in [0.4, 0.5) is 0 Å². The van der Waals surface area contributed by atoms with Crippen LogP contribution in [0.2, 0.25) is 0 Å². The number of rotatable bonds is 4. The molecule has 0 spiro atoms. The van der Waals surface area contributed by atoms with Crippen molar-refractivity contribution in [1.82, 2.24) is 14.9 Å². The Morgan fingerprint density at radius 2 is 2.00 bits per heavy atom. The first-order valence-corrected chi connectivity index (χ1v) is 11.2. The maximum atomic E-state index is 12.6. The lowest BCUT2D eigenvalue weighted by Gasteiger charge is -2.20. The highest BCUT2D eigenvalue weighted by Gasteiger charge is 2.23. The summed E-state index contributed by atoms with van der Waals surface area (Å²) in [7, 11) is -3.36. The van der Waals surface area contributed by atoms with Crippen LogP contribution in [0, 0.1) is 12.8 Å². The molecule has 1 heterocycles. The maximum Gasteiger partial charge on any atom is 0.223 e. The Balaban J connectivity index is 1.98. The zero-order chi connectivity index (χ0) is 19.9. The standard InChI is InChI=1S/C19H29N3O4S/c1-15-6-3-4-7-17(15)14-21-19(24)16-8-5-12-22(27(2,25)26)13-10-18(23)20-11-9-16/h3-4,6-7,16H,5,8-14H2,1-2H3,(H,20,23)(H,21,24). The largest absolute Gasteiger partial charge is 0.356 e. The molecule has 0 radical (unpaired) electrons. The summed E-state index contributed by atoms with van der Waals surface area (Å²) in [4.78, 5) is 24.5. The molecule has 2 amide bonds. The monoisotopic (exact) mass is 395 g/mol. The van der Waals surface area contributed by atoms with Crippen LogP contribution in [-0.4, -0.2) is 50.4 Å². The zero-order valence-electron chi connectivity index (χ0n) is 16.0. The SMILES string of the molecule is Cc1ccccc1CNC(=O)C1CCCN(S(C)(=O)=O)CCC(=O)NCC1. The van der Waals surface area contributed by atoms with Crippen molar-refractivity contribution < 1.29 is 18.0 Å². The van der Waals surface area contributed by atoms with Gasteiger partial charge in [-0.2, -0.15) is 0 Å². The molecule has 27 heavy (non-hydrogen) atoms. The van der Waals surface area contributed by atoms with E-state index in [4.69, 9.17) is 0 Å². The van der Waals surface area contributed by atoms with Gasteiger partial charge >= 0.3 is 0 Å². The van der Waals surface area contributed by atoms with Crippen molar-refractivity contribution in [1.29, 1.82) is 0 Å². The molecule has 1 fully saturated rings. The minimum atomic E-state index is -3.36. The summed E-state index contributed by atoms with van der Waals surface area (Å²) in [6.07, 6.45) is 3.00. The Morgan fingerprint density at radius 3 is 2.70 bits per heavy atom. The van der Waals surface area contributed by atoms with Crippen LogP contribution in [0.5, 0.6) is 0 Å². The molecule has 0 aliphatic carbocycles. The Hall–Kier alpha value is -1.93. The molecule has 1 aromatic carbocycles. The van der Waals surface area contributed by atoms with Gasteiger partial charge in [-0.3, -0.25) is 9.59 Å².